The fourth-order valence-corrected chi connectivity index (χ4v) is 3.98. The van der Waals surface area contributed by atoms with Crippen molar-refractivity contribution in [3.05, 3.63) is 29.6 Å². The molecule has 4 nitrogen and oxygen atoms in total. The summed E-state index contributed by atoms with van der Waals surface area (Å²) in [6, 6.07) is 5.04. The molecule has 0 radical (unpaired) electrons. The van der Waals surface area contributed by atoms with Crippen LogP contribution in [0, 0.1) is 5.82 Å². The van der Waals surface area contributed by atoms with Crippen LogP contribution in [0.15, 0.2) is 18.2 Å². The fraction of sp³-hybridized carbons (Fsp3) is 0.588. The molecule has 1 aromatic rings. The first-order valence-corrected chi connectivity index (χ1v) is 7.93. The van der Waals surface area contributed by atoms with Crippen LogP contribution in [0.25, 0.3) is 0 Å². The summed E-state index contributed by atoms with van der Waals surface area (Å²) in [5, 5.41) is 0. The standard InChI is InChI=1S/C17H23FN2O2/c1-22-12(10-19)9-15(21)20-11-17(7-2-3-8-17)16-13(18)5-4-6-14(16)20/h4-6,12H,2-3,7-11,19H2,1H3. The Balaban J connectivity index is 1.92. The molecule has 120 valence electrons. The Morgan fingerprint density at radius 3 is 2.82 bits per heavy atom. The number of nitrogens with zero attached hydrogens (tertiary/aromatic N) is 1. The molecular formula is C17H23FN2O2. The van der Waals surface area contributed by atoms with E-state index in [-0.39, 0.29) is 29.7 Å². The summed E-state index contributed by atoms with van der Waals surface area (Å²) in [6.45, 7) is 0.889. The molecule has 1 fully saturated rings. The minimum absolute atomic E-state index is 0.0343. The van der Waals surface area contributed by atoms with Crippen LogP contribution in [0.3, 0.4) is 0 Å². The summed E-state index contributed by atoms with van der Waals surface area (Å²) in [4.78, 5) is 14.4. The third-order valence-electron chi connectivity index (χ3n) is 5.13. The van der Waals surface area contributed by atoms with Crippen LogP contribution in [0.2, 0.25) is 0 Å². The second-order valence-electron chi connectivity index (χ2n) is 6.40. The third-order valence-corrected chi connectivity index (χ3v) is 5.13. The van der Waals surface area contributed by atoms with Crippen LogP contribution >= 0.6 is 0 Å². The molecule has 1 aliphatic carbocycles. The molecule has 2 N–H and O–H groups in total. The number of anilines is 1. The number of carbonyl (C=O) groups is 1. The Morgan fingerprint density at radius 1 is 1.45 bits per heavy atom. The van der Waals surface area contributed by atoms with E-state index in [0.717, 1.165) is 36.9 Å². The average molecular weight is 306 g/mol. The van der Waals surface area contributed by atoms with Crippen LogP contribution < -0.4 is 10.6 Å². The lowest BCUT2D eigenvalue weighted by Gasteiger charge is -2.25. The van der Waals surface area contributed by atoms with E-state index in [4.69, 9.17) is 10.5 Å². The predicted molar refractivity (Wildman–Crippen MR) is 83.4 cm³/mol. The molecule has 22 heavy (non-hydrogen) atoms. The molecule has 1 spiro atoms. The number of methoxy groups -OCH3 is 1. The van der Waals surface area contributed by atoms with E-state index >= 15 is 0 Å². The van der Waals surface area contributed by atoms with Crippen molar-refractivity contribution in [3.8, 4) is 0 Å². The first kappa shape index (κ1) is 15.4. The molecule has 1 aromatic carbocycles. The summed E-state index contributed by atoms with van der Waals surface area (Å²) in [5.74, 6) is -0.218. The average Bonchev–Trinajstić information content (AvgIpc) is 3.12. The van der Waals surface area contributed by atoms with Crippen molar-refractivity contribution >= 4 is 11.6 Å². The Labute approximate surface area is 130 Å². The van der Waals surface area contributed by atoms with E-state index in [1.165, 1.54) is 6.07 Å². The van der Waals surface area contributed by atoms with Crippen LogP contribution in [-0.4, -0.2) is 32.2 Å². The molecular weight excluding hydrogens is 283 g/mol. The highest BCUT2D eigenvalue weighted by atomic mass is 19.1. The van der Waals surface area contributed by atoms with Crippen LogP contribution in [0.1, 0.15) is 37.7 Å². The molecule has 1 unspecified atom stereocenters. The van der Waals surface area contributed by atoms with Gasteiger partial charge in [-0.15, -0.1) is 0 Å². The van der Waals surface area contributed by atoms with E-state index in [0.29, 0.717) is 13.1 Å². The van der Waals surface area contributed by atoms with Gasteiger partial charge in [-0.2, -0.15) is 0 Å². The molecule has 1 aliphatic heterocycles. The van der Waals surface area contributed by atoms with Crippen LogP contribution in [0.5, 0.6) is 0 Å². The number of amides is 1. The van der Waals surface area contributed by atoms with Gasteiger partial charge in [0.2, 0.25) is 5.91 Å². The van der Waals surface area contributed by atoms with Gasteiger partial charge in [-0.3, -0.25) is 4.79 Å². The highest BCUT2D eigenvalue weighted by Gasteiger charge is 2.47. The topological polar surface area (TPSA) is 55.6 Å². The number of hydrogen-bond acceptors (Lipinski definition) is 3. The molecule has 5 heteroatoms. The Kier molecular flexibility index (Phi) is 4.19. The highest BCUT2D eigenvalue weighted by Crippen LogP contribution is 2.51. The number of rotatable bonds is 4. The quantitative estimate of drug-likeness (QED) is 0.929. The maximum absolute atomic E-state index is 14.4. The maximum atomic E-state index is 14.4. The summed E-state index contributed by atoms with van der Waals surface area (Å²) in [5.41, 5.74) is 6.89. The number of nitrogens with two attached hydrogens (primary N) is 1. The van der Waals surface area contributed by atoms with Gasteiger partial charge in [0.05, 0.1) is 18.2 Å². The largest absolute Gasteiger partial charge is 0.380 e. The monoisotopic (exact) mass is 306 g/mol. The number of ether oxygens (including phenoxy) is 1. The summed E-state index contributed by atoms with van der Waals surface area (Å²) >= 11 is 0. The minimum Gasteiger partial charge on any atom is -0.380 e. The van der Waals surface area contributed by atoms with Gasteiger partial charge >= 0.3 is 0 Å². The van der Waals surface area contributed by atoms with E-state index in [2.05, 4.69) is 0 Å². The second kappa shape index (κ2) is 5.97. The van der Waals surface area contributed by atoms with Crippen molar-refractivity contribution < 1.29 is 13.9 Å². The highest BCUT2D eigenvalue weighted by molar-refractivity contribution is 5.96. The molecule has 0 saturated heterocycles. The van der Waals surface area contributed by atoms with Gasteiger partial charge in [0.25, 0.3) is 0 Å². The molecule has 1 amide bonds. The molecule has 0 bridgehead atoms. The first-order valence-electron chi connectivity index (χ1n) is 7.93. The smallest absolute Gasteiger partial charge is 0.229 e. The van der Waals surface area contributed by atoms with Crippen LogP contribution in [-0.2, 0) is 14.9 Å². The van der Waals surface area contributed by atoms with Crippen molar-refractivity contribution in [2.24, 2.45) is 5.73 Å². The SMILES string of the molecule is COC(CN)CC(=O)N1CC2(CCCC2)c2c(F)cccc21. The number of halogens is 1. The Hall–Kier alpha value is -1.46. The summed E-state index contributed by atoms with van der Waals surface area (Å²) < 4.78 is 19.6. The van der Waals surface area contributed by atoms with Gasteiger partial charge in [0.15, 0.2) is 0 Å². The maximum Gasteiger partial charge on any atom is 0.229 e. The number of fused-ring (bicyclic) bond motifs is 2. The Morgan fingerprint density at radius 2 is 2.18 bits per heavy atom. The molecule has 0 aromatic heterocycles. The number of carbonyl (C=O) groups excluding carboxylic acids is 1. The zero-order valence-electron chi connectivity index (χ0n) is 13.0. The van der Waals surface area contributed by atoms with Crippen molar-refractivity contribution in [3.63, 3.8) is 0 Å². The molecule has 2 aliphatic rings. The van der Waals surface area contributed by atoms with Gasteiger partial charge < -0.3 is 15.4 Å². The Bertz CT molecular complexity index is 566. The van der Waals surface area contributed by atoms with Crippen LogP contribution in [0.4, 0.5) is 10.1 Å². The lowest BCUT2D eigenvalue weighted by Crippen LogP contribution is -2.38. The molecule has 1 heterocycles. The van der Waals surface area contributed by atoms with E-state index in [1.807, 2.05) is 6.07 Å². The van der Waals surface area contributed by atoms with Gasteiger partial charge in [0, 0.05) is 31.2 Å². The first-order chi connectivity index (χ1) is 10.6. The number of benzene rings is 1. The third kappa shape index (κ3) is 2.42. The van der Waals surface area contributed by atoms with Crippen molar-refractivity contribution in [2.45, 2.75) is 43.6 Å². The zero-order chi connectivity index (χ0) is 15.7. The molecule has 3 rings (SSSR count). The van der Waals surface area contributed by atoms with Gasteiger partial charge in [0.1, 0.15) is 5.82 Å². The normalized spacial score (nSPS) is 20.4. The molecule has 1 saturated carbocycles. The van der Waals surface area contributed by atoms with E-state index in [1.54, 1.807) is 18.1 Å². The molecule has 1 atom stereocenters. The lowest BCUT2D eigenvalue weighted by atomic mass is 9.80. The predicted octanol–water partition coefficient (Wildman–Crippen LogP) is 2.35. The van der Waals surface area contributed by atoms with E-state index in [9.17, 15) is 9.18 Å². The van der Waals surface area contributed by atoms with Crippen molar-refractivity contribution in [2.75, 3.05) is 25.1 Å². The van der Waals surface area contributed by atoms with Gasteiger partial charge in [-0.25, -0.2) is 4.39 Å². The minimum atomic E-state index is -0.287. The van der Waals surface area contributed by atoms with Gasteiger partial charge in [-0.1, -0.05) is 18.9 Å². The van der Waals surface area contributed by atoms with Crippen molar-refractivity contribution in [1.82, 2.24) is 0 Å². The van der Waals surface area contributed by atoms with Gasteiger partial charge in [-0.05, 0) is 25.0 Å². The lowest BCUT2D eigenvalue weighted by molar-refractivity contribution is -0.120. The van der Waals surface area contributed by atoms with Crippen molar-refractivity contribution in [1.29, 1.82) is 0 Å². The second-order valence-corrected chi connectivity index (χ2v) is 6.40. The van der Waals surface area contributed by atoms with E-state index < -0.39 is 0 Å². The summed E-state index contributed by atoms with van der Waals surface area (Å²) in [7, 11) is 1.56. The summed E-state index contributed by atoms with van der Waals surface area (Å²) in [6.07, 6.45) is 4.05. The zero-order valence-corrected chi connectivity index (χ0v) is 13.0. The number of hydrogen-bond donors (Lipinski definition) is 1. The fourth-order valence-electron chi connectivity index (χ4n) is 3.98.